The van der Waals surface area contributed by atoms with E-state index in [1.54, 1.807) is 6.20 Å². The van der Waals surface area contributed by atoms with Crippen LogP contribution in [-0.2, 0) is 0 Å². The van der Waals surface area contributed by atoms with Crippen molar-refractivity contribution in [3.05, 3.63) is 46.9 Å². The number of aromatic nitrogens is 2. The van der Waals surface area contributed by atoms with Crippen LogP contribution >= 0.6 is 12.2 Å². The summed E-state index contributed by atoms with van der Waals surface area (Å²) in [5.74, 6) is 1.94. The van der Waals surface area contributed by atoms with E-state index in [4.69, 9.17) is 22.7 Å². The number of ether oxygens (including phenoxy) is 1. The normalized spacial score (nSPS) is 33.5. The van der Waals surface area contributed by atoms with Gasteiger partial charge in [0.15, 0.2) is 0 Å². The molecule has 5 nitrogen and oxygen atoms in total. The molecule has 24 heavy (non-hydrogen) atoms. The minimum Gasteiger partial charge on any atom is -0.485 e. The van der Waals surface area contributed by atoms with E-state index < -0.39 is 0 Å². The maximum Gasteiger partial charge on any atom is 0.145 e. The molecule has 124 valence electrons. The van der Waals surface area contributed by atoms with Crippen LogP contribution in [0.1, 0.15) is 37.3 Å². The second-order valence-electron chi connectivity index (χ2n) is 7.15. The van der Waals surface area contributed by atoms with E-state index in [0.29, 0.717) is 16.7 Å². The molecular weight excluding hydrogens is 320 g/mol. The van der Waals surface area contributed by atoms with Gasteiger partial charge in [0.2, 0.25) is 0 Å². The topological polar surface area (TPSA) is 67.2 Å². The number of anilines is 1. The Balaban J connectivity index is 1.47. The highest BCUT2D eigenvalue weighted by atomic mass is 32.1. The number of rotatable bonds is 1. The lowest BCUT2D eigenvalue weighted by molar-refractivity contribution is 0.0272. The number of hydrogen-bond acceptors (Lipinski definition) is 5. The predicted molar refractivity (Wildman–Crippen MR) is 94.7 cm³/mol. The van der Waals surface area contributed by atoms with Crippen molar-refractivity contribution in [1.29, 1.82) is 0 Å². The predicted octanol–water partition coefficient (Wildman–Crippen LogP) is 3.10. The van der Waals surface area contributed by atoms with Gasteiger partial charge >= 0.3 is 0 Å². The van der Waals surface area contributed by atoms with Crippen LogP contribution in [0.3, 0.4) is 0 Å². The Morgan fingerprint density at radius 3 is 2.67 bits per heavy atom. The lowest BCUT2D eigenvalue weighted by Crippen LogP contribution is -2.56. The average molecular weight is 340 g/mol. The van der Waals surface area contributed by atoms with Crippen molar-refractivity contribution in [3.63, 3.8) is 0 Å². The summed E-state index contributed by atoms with van der Waals surface area (Å²) in [5, 5.41) is 0. The highest BCUT2D eigenvalue weighted by Gasteiger charge is 2.56. The Hall–Kier alpha value is -1.92. The van der Waals surface area contributed by atoms with Gasteiger partial charge in [-0.2, -0.15) is 0 Å². The number of hydrogen-bond donors (Lipinski definition) is 2. The zero-order valence-corrected chi connectivity index (χ0v) is 14.1. The fourth-order valence-electron chi connectivity index (χ4n) is 4.83. The van der Waals surface area contributed by atoms with Crippen molar-refractivity contribution < 1.29 is 4.74 Å². The molecule has 2 bridgehead atoms. The zero-order valence-electron chi connectivity index (χ0n) is 13.3. The summed E-state index contributed by atoms with van der Waals surface area (Å²) in [5.41, 5.74) is 7.51. The fourth-order valence-corrected chi connectivity index (χ4v) is 4.94. The summed E-state index contributed by atoms with van der Waals surface area (Å²) in [6.07, 6.45) is 7.86. The highest BCUT2D eigenvalue weighted by Crippen LogP contribution is 2.53. The molecule has 2 fully saturated rings. The molecule has 5 rings (SSSR count). The van der Waals surface area contributed by atoms with Crippen molar-refractivity contribution in [2.24, 2.45) is 5.73 Å². The van der Waals surface area contributed by atoms with E-state index in [-0.39, 0.29) is 11.6 Å². The number of nitrogens with two attached hydrogens (primary N) is 1. The Bertz CT molecular complexity index is 816. The van der Waals surface area contributed by atoms with E-state index >= 15 is 0 Å². The van der Waals surface area contributed by atoms with Gasteiger partial charge in [-0.05, 0) is 18.9 Å². The Morgan fingerprint density at radius 2 is 2.00 bits per heavy atom. The molecule has 0 amide bonds. The summed E-state index contributed by atoms with van der Waals surface area (Å²) in [6, 6.07) is 8.99. The molecule has 3 N–H and O–H groups in total. The first-order valence-corrected chi connectivity index (χ1v) is 8.94. The third-order valence-electron chi connectivity index (χ3n) is 5.84. The molecule has 2 aromatic rings. The van der Waals surface area contributed by atoms with Gasteiger partial charge in [0, 0.05) is 36.7 Å². The molecule has 6 heteroatoms. The number of aromatic amines is 1. The summed E-state index contributed by atoms with van der Waals surface area (Å²) in [6.45, 7) is 0. The fraction of sp³-hybridized carbons (Fsp3) is 0.444. The van der Waals surface area contributed by atoms with Crippen molar-refractivity contribution in [2.75, 3.05) is 4.90 Å². The summed E-state index contributed by atoms with van der Waals surface area (Å²) < 4.78 is 7.10. The van der Waals surface area contributed by atoms with Gasteiger partial charge < -0.3 is 20.4 Å². The van der Waals surface area contributed by atoms with Crippen LogP contribution in [0.25, 0.3) is 0 Å². The minimum absolute atomic E-state index is 0.0477. The van der Waals surface area contributed by atoms with Gasteiger partial charge in [0.1, 0.15) is 21.8 Å². The number of fused-ring (bicyclic) bond motifs is 3. The Morgan fingerprint density at radius 1 is 1.25 bits per heavy atom. The van der Waals surface area contributed by atoms with Crippen LogP contribution in [0.2, 0.25) is 0 Å². The Labute approximate surface area is 145 Å². The molecule has 0 radical (unpaired) electrons. The van der Waals surface area contributed by atoms with Gasteiger partial charge in [0.05, 0.1) is 12.2 Å². The standard InChI is InChI=1S/C18H20N4OS/c19-17-13-3-1-2-4-14(13)23-18(17)7-11-5-6-12(8-18)22(11)15-9-21-16(24)10-20-15/h1-4,9-12,17H,5-8,19H2,(H,21,24)/t11-,12+,17-,18?/m1/s1. The van der Waals surface area contributed by atoms with E-state index in [1.807, 2.05) is 24.4 Å². The van der Waals surface area contributed by atoms with Crippen molar-refractivity contribution >= 4 is 18.0 Å². The van der Waals surface area contributed by atoms with Crippen molar-refractivity contribution in [2.45, 2.75) is 49.4 Å². The van der Waals surface area contributed by atoms with Crippen LogP contribution in [0, 0.1) is 4.64 Å². The maximum absolute atomic E-state index is 6.63. The molecule has 1 aromatic heterocycles. The maximum atomic E-state index is 6.63. The third-order valence-corrected chi connectivity index (χ3v) is 6.06. The molecule has 1 spiro atoms. The molecule has 4 atom stereocenters. The minimum atomic E-state index is -0.270. The highest BCUT2D eigenvalue weighted by molar-refractivity contribution is 7.71. The molecule has 0 aliphatic carbocycles. The first-order chi connectivity index (χ1) is 11.7. The number of para-hydroxylation sites is 1. The number of benzene rings is 1. The van der Waals surface area contributed by atoms with Gasteiger partial charge in [-0.15, -0.1) is 0 Å². The van der Waals surface area contributed by atoms with Gasteiger partial charge in [-0.1, -0.05) is 30.4 Å². The Kier molecular flexibility index (Phi) is 3.03. The summed E-state index contributed by atoms with van der Waals surface area (Å²) >= 11 is 5.11. The lowest BCUT2D eigenvalue weighted by Gasteiger charge is -2.46. The van der Waals surface area contributed by atoms with Crippen LogP contribution in [0.5, 0.6) is 5.75 Å². The van der Waals surface area contributed by atoms with Crippen LogP contribution in [0.4, 0.5) is 5.82 Å². The third kappa shape index (κ3) is 1.96. The zero-order chi connectivity index (χ0) is 16.3. The number of nitrogens with one attached hydrogen (secondary N) is 1. The molecule has 0 saturated carbocycles. The van der Waals surface area contributed by atoms with Crippen molar-refractivity contribution in [3.8, 4) is 5.75 Å². The van der Waals surface area contributed by atoms with Gasteiger partial charge in [-0.25, -0.2) is 4.98 Å². The second kappa shape index (κ2) is 5.04. The molecule has 1 unspecified atom stereocenters. The molecule has 1 aromatic carbocycles. The monoisotopic (exact) mass is 340 g/mol. The van der Waals surface area contributed by atoms with Gasteiger partial charge in [0.25, 0.3) is 0 Å². The first-order valence-electron chi connectivity index (χ1n) is 8.53. The smallest absolute Gasteiger partial charge is 0.145 e. The van der Waals surface area contributed by atoms with Crippen LogP contribution < -0.4 is 15.4 Å². The van der Waals surface area contributed by atoms with E-state index in [1.165, 1.54) is 0 Å². The van der Waals surface area contributed by atoms with E-state index in [9.17, 15) is 0 Å². The number of nitrogens with zero attached hydrogens (tertiary/aromatic N) is 2. The molecular formula is C18H20N4OS. The van der Waals surface area contributed by atoms with Gasteiger partial charge in [-0.3, -0.25) is 0 Å². The molecule has 2 saturated heterocycles. The number of H-pyrrole nitrogens is 1. The molecule has 4 heterocycles. The quantitative estimate of drug-likeness (QED) is 0.781. The van der Waals surface area contributed by atoms with Crippen LogP contribution in [-0.4, -0.2) is 27.7 Å². The molecule has 3 aliphatic rings. The second-order valence-corrected chi connectivity index (χ2v) is 7.59. The van der Waals surface area contributed by atoms with E-state index in [2.05, 4.69) is 20.9 Å². The summed E-state index contributed by atoms with van der Waals surface area (Å²) in [4.78, 5) is 10.1. The largest absolute Gasteiger partial charge is 0.485 e. The summed E-state index contributed by atoms with van der Waals surface area (Å²) in [7, 11) is 0. The number of piperidine rings is 1. The van der Waals surface area contributed by atoms with E-state index in [0.717, 1.165) is 42.8 Å². The average Bonchev–Trinajstić information content (AvgIpc) is 3.01. The SMILES string of the molecule is N[C@@H]1c2ccccc2OC12C[C@H]1CC[C@@H](C2)N1c1c[nH]c(=S)cn1. The van der Waals surface area contributed by atoms with Crippen molar-refractivity contribution in [1.82, 2.24) is 9.97 Å². The lowest BCUT2D eigenvalue weighted by atomic mass is 9.79. The first kappa shape index (κ1) is 14.4. The molecule has 3 aliphatic heterocycles. The van der Waals surface area contributed by atoms with Crippen LogP contribution in [0.15, 0.2) is 36.7 Å².